The smallest absolute Gasteiger partial charge is 0.305 e. The van der Waals surface area contributed by atoms with Crippen molar-refractivity contribution in [2.45, 2.75) is 32.2 Å². The summed E-state index contributed by atoms with van der Waals surface area (Å²) in [4.78, 5) is 13.6. The summed E-state index contributed by atoms with van der Waals surface area (Å²) in [5.41, 5.74) is 0.567. The monoisotopic (exact) mass is 263 g/mol. The Morgan fingerprint density at radius 1 is 1.37 bits per heavy atom. The van der Waals surface area contributed by atoms with Crippen molar-refractivity contribution in [1.29, 1.82) is 0 Å². The maximum Gasteiger partial charge on any atom is 0.305 e. The fourth-order valence-corrected chi connectivity index (χ4v) is 3.14. The van der Waals surface area contributed by atoms with E-state index < -0.39 is 11.5 Å². The first-order valence-electron chi connectivity index (χ1n) is 6.83. The van der Waals surface area contributed by atoms with Gasteiger partial charge in [-0.3, -0.25) is 9.69 Å². The third kappa shape index (κ3) is 2.45. The molecule has 0 aromatic heterocycles. The van der Waals surface area contributed by atoms with E-state index >= 15 is 0 Å². The normalized spacial score (nSPS) is 21.8. The van der Waals surface area contributed by atoms with Crippen molar-refractivity contribution in [2.75, 3.05) is 19.7 Å². The Labute approximate surface area is 114 Å². The van der Waals surface area contributed by atoms with Crippen molar-refractivity contribution in [3.8, 4) is 5.75 Å². The second-order valence-electron chi connectivity index (χ2n) is 4.87. The van der Waals surface area contributed by atoms with Crippen LogP contribution in [0.1, 0.15) is 32.3 Å². The molecule has 0 radical (unpaired) electrons. The number of benzene rings is 1. The highest BCUT2D eigenvalue weighted by Crippen LogP contribution is 2.43. The third-order valence-electron chi connectivity index (χ3n) is 3.97. The van der Waals surface area contributed by atoms with Crippen molar-refractivity contribution in [3.63, 3.8) is 0 Å². The summed E-state index contributed by atoms with van der Waals surface area (Å²) in [6.45, 7) is 6.38. The molecule has 1 aromatic carbocycles. The average molecular weight is 263 g/mol. The number of nitrogens with zero attached hydrogens (tertiary/aromatic N) is 1. The minimum atomic E-state index is -0.761. The van der Waals surface area contributed by atoms with Crippen LogP contribution >= 0.6 is 0 Å². The Hall–Kier alpha value is -1.55. The fourth-order valence-electron chi connectivity index (χ4n) is 3.14. The molecule has 0 fully saturated rings. The number of hydrogen-bond donors (Lipinski definition) is 1. The summed E-state index contributed by atoms with van der Waals surface area (Å²) in [6.07, 6.45) is 0.840. The second-order valence-corrected chi connectivity index (χ2v) is 4.87. The van der Waals surface area contributed by atoms with E-state index in [4.69, 9.17) is 4.74 Å². The molecule has 104 valence electrons. The highest BCUT2D eigenvalue weighted by atomic mass is 16.5. The van der Waals surface area contributed by atoms with E-state index in [0.717, 1.165) is 30.8 Å². The highest BCUT2D eigenvalue weighted by Gasteiger charge is 2.43. The van der Waals surface area contributed by atoms with Crippen LogP contribution < -0.4 is 4.74 Å². The standard InChI is InChI=1S/C15H21NO3/c1-3-16(4-2)15(11-14(17)18)9-10-19-13-8-6-5-7-12(13)15/h5-8H,3-4,9-11H2,1-2H3,(H,17,18). The third-order valence-corrected chi connectivity index (χ3v) is 3.97. The fraction of sp³-hybridized carbons (Fsp3) is 0.533. The van der Waals surface area contributed by atoms with Gasteiger partial charge in [0.2, 0.25) is 0 Å². The van der Waals surface area contributed by atoms with Gasteiger partial charge in [-0.1, -0.05) is 32.0 Å². The van der Waals surface area contributed by atoms with Gasteiger partial charge in [0.1, 0.15) is 5.75 Å². The van der Waals surface area contributed by atoms with Gasteiger partial charge in [-0.2, -0.15) is 0 Å². The van der Waals surface area contributed by atoms with Gasteiger partial charge in [-0.05, 0) is 19.2 Å². The van der Waals surface area contributed by atoms with E-state index in [0.29, 0.717) is 6.61 Å². The lowest BCUT2D eigenvalue weighted by Gasteiger charge is -2.45. The van der Waals surface area contributed by atoms with Gasteiger partial charge in [-0.25, -0.2) is 0 Å². The molecule has 1 unspecified atom stereocenters. The molecule has 1 aliphatic heterocycles. The van der Waals surface area contributed by atoms with Gasteiger partial charge < -0.3 is 9.84 Å². The minimum Gasteiger partial charge on any atom is -0.493 e. The Kier molecular flexibility index (Phi) is 4.10. The van der Waals surface area contributed by atoms with Crippen LogP contribution in [0, 0.1) is 0 Å². The van der Waals surface area contributed by atoms with Gasteiger partial charge in [0, 0.05) is 12.0 Å². The van der Waals surface area contributed by atoms with E-state index in [2.05, 4.69) is 18.7 Å². The number of carboxylic acid groups (broad SMARTS) is 1. The number of para-hydroxylation sites is 1. The Balaban J connectivity index is 2.52. The summed E-state index contributed by atoms with van der Waals surface area (Å²) >= 11 is 0. The van der Waals surface area contributed by atoms with Crippen molar-refractivity contribution < 1.29 is 14.6 Å². The first-order valence-corrected chi connectivity index (χ1v) is 6.83. The van der Waals surface area contributed by atoms with Crippen LogP contribution in [0.5, 0.6) is 5.75 Å². The van der Waals surface area contributed by atoms with Crippen LogP contribution in [0.4, 0.5) is 0 Å². The topological polar surface area (TPSA) is 49.8 Å². The lowest BCUT2D eigenvalue weighted by molar-refractivity contribution is -0.141. The van der Waals surface area contributed by atoms with E-state index in [-0.39, 0.29) is 6.42 Å². The number of carboxylic acids is 1. The Bertz CT molecular complexity index is 456. The SMILES string of the molecule is CCN(CC)C1(CC(=O)O)CCOc2ccccc21. The maximum atomic E-state index is 11.4. The number of aliphatic carboxylic acids is 1. The Morgan fingerprint density at radius 2 is 2.05 bits per heavy atom. The zero-order chi connectivity index (χ0) is 13.9. The molecule has 4 heteroatoms. The largest absolute Gasteiger partial charge is 0.493 e. The number of rotatable bonds is 5. The molecule has 1 aliphatic rings. The van der Waals surface area contributed by atoms with Crippen LogP contribution in [0.15, 0.2) is 24.3 Å². The average Bonchev–Trinajstić information content (AvgIpc) is 2.40. The van der Waals surface area contributed by atoms with Crippen LogP contribution in [0.3, 0.4) is 0 Å². The van der Waals surface area contributed by atoms with Crippen LogP contribution in [0.25, 0.3) is 0 Å². The minimum absolute atomic E-state index is 0.120. The van der Waals surface area contributed by atoms with Crippen molar-refractivity contribution >= 4 is 5.97 Å². The summed E-state index contributed by atoms with van der Waals surface area (Å²) in [5.74, 6) is 0.0607. The van der Waals surface area contributed by atoms with E-state index in [1.54, 1.807) is 0 Å². The molecule has 0 saturated heterocycles. The predicted molar refractivity (Wildman–Crippen MR) is 73.4 cm³/mol. The van der Waals surface area contributed by atoms with Crippen LogP contribution in [-0.2, 0) is 10.3 Å². The first-order chi connectivity index (χ1) is 9.14. The molecule has 1 aromatic rings. The molecule has 0 aliphatic carbocycles. The van der Waals surface area contributed by atoms with Crippen molar-refractivity contribution in [1.82, 2.24) is 4.90 Å². The number of carbonyl (C=O) groups is 1. The van der Waals surface area contributed by atoms with Gasteiger partial charge in [0.05, 0.1) is 18.6 Å². The number of hydrogen-bond acceptors (Lipinski definition) is 3. The molecule has 1 atom stereocenters. The highest BCUT2D eigenvalue weighted by molar-refractivity contribution is 5.69. The van der Waals surface area contributed by atoms with Crippen molar-refractivity contribution in [2.24, 2.45) is 0 Å². The molecule has 0 bridgehead atoms. The van der Waals surface area contributed by atoms with Gasteiger partial charge in [0.25, 0.3) is 0 Å². The summed E-state index contributed by atoms with van der Waals surface area (Å²) in [5, 5.41) is 9.33. The Morgan fingerprint density at radius 3 is 2.68 bits per heavy atom. The summed E-state index contributed by atoms with van der Waals surface area (Å²) in [6, 6.07) is 7.80. The molecule has 0 spiro atoms. The molecule has 1 heterocycles. The molecule has 0 amide bonds. The molecule has 4 nitrogen and oxygen atoms in total. The molecule has 2 rings (SSSR count). The maximum absolute atomic E-state index is 11.4. The van der Waals surface area contributed by atoms with Gasteiger partial charge in [0.15, 0.2) is 0 Å². The van der Waals surface area contributed by atoms with Crippen molar-refractivity contribution in [3.05, 3.63) is 29.8 Å². The van der Waals surface area contributed by atoms with Gasteiger partial charge >= 0.3 is 5.97 Å². The molecule has 1 N–H and O–H groups in total. The first kappa shape index (κ1) is 13.9. The second kappa shape index (κ2) is 5.61. The molecule has 19 heavy (non-hydrogen) atoms. The predicted octanol–water partition coefficient (Wildman–Crippen LogP) is 2.48. The summed E-state index contributed by atoms with van der Waals surface area (Å²) in [7, 11) is 0. The van der Waals surface area contributed by atoms with Gasteiger partial charge in [-0.15, -0.1) is 0 Å². The lowest BCUT2D eigenvalue weighted by Crippen LogP contribution is -2.50. The van der Waals surface area contributed by atoms with E-state index in [1.807, 2.05) is 24.3 Å². The molecule has 0 saturated carbocycles. The van der Waals surface area contributed by atoms with Crippen LogP contribution in [-0.4, -0.2) is 35.7 Å². The quantitative estimate of drug-likeness (QED) is 0.886. The zero-order valence-corrected chi connectivity index (χ0v) is 11.6. The van der Waals surface area contributed by atoms with E-state index in [1.165, 1.54) is 0 Å². The zero-order valence-electron chi connectivity index (χ0n) is 11.6. The molecular formula is C15H21NO3. The number of ether oxygens (including phenoxy) is 1. The lowest BCUT2D eigenvalue weighted by atomic mass is 9.80. The number of fused-ring (bicyclic) bond motifs is 1. The van der Waals surface area contributed by atoms with E-state index in [9.17, 15) is 9.90 Å². The summed E-state index contributed by atoms with van der Waals surface area (Å²) < 4.78 is 5.68. The molecular weight excluding hydrogens is 242 g/mol. The van der Waals surface area contributed by atoms with Crippen LogP contribution in [0.2, 0.25) is 0 Å².